The molecule has 0 aromatic heterocycles. The average Bonchev–Trinajstić information content (AvgIpc) is 3.21. The Labute approximate surface area is 222 Å². The molecule has 0 amide bonds. The summed E-state index contributed by atoms with van der Waals surface area (Å²) in [4.78, 5) is 0. The van der Waals surface area contributed by atoms with Gasteiger partial charge in [0.05, 0.1) is 0 Å². The maximum Gasteiger partial charge on any atom is 0.126 e. The van der Waals surface area contributed by atoms with Gasteiger partial charge in [0.25, 0.3) is 0 Å². The molecule has 0 bridgehead atoms. The van der Waals surface area contributed by atoms with Crippen molar-refractivity contribution in [2.24, 2.45) is 52.3 Å². The monoisotopic (exact) mass is 488 g/mol. The smallest absolute Gasteiger partial charge is 0.126 e. The van der Waals surface area contributed by atoms with Crippen LogP contribution in [-0.4, -0.2) is 10.7 Å². The van der Waals surface area contributed by atoms with Crippen molar-refractivity contribution in [2.45, 2.75) is 117 Å². The molecule has 0 spiro atoms. The fourth-order valence-corrected chi connectivity index (χ4v) is 10.1. The predicted octanol–water partition coefficient (Wildman–Crippen LogP) is 8.89. The zero-order valence-electron chi connectivity index (χ0n) is 23.9. The molecule has 1 aromatic rings. The van der Waals surface area contributed by atoms with E-state index in [0.717, 1.165) is 60.3 Å². The molecule has 1 heteroatoms. The molecule has 36 heavy (non-hydrogen) atoms. The van der Waals surface area contributed by atoms with E-state index in [-0.39, 0.29) is 0 Å². The van der Waals surface area contributed by atoms with E-state index in [2.05, 4.69) is 46.5 Å². The van der Waals surface area contributed by atoms with Gasteiger partial charge in [-0.15, -0.1) is 0 Å². The molecular weight excluding hydrogens is 436 g/mol. The Morgan fingerprint density at radius 1 is 0.861 bits per heavy atom. The number of hydrogen-bond donors (Lipinski definition) is 1. The molecule has 4 aliphatic rings. The molecule has 4 fully saturated rings. The Morgan fingerprint density at radius 2 is 1.61 bits per heavy atom. The van der Waals surface area contributed by atoms with Crippen molar-refractivity contribution in [1.29, 1.82) is 0 Å². The second kappa shape index (κ2) is 10.1. The summed E-state index contributed by atoms with van der Waals surface area (Å²) in [5, 5.41) is 11.5. The van der Waals surface area contributed by atoms with Crippen LogP contribution in [0.5, 0.6) is 0 Å². The molecule has 1 N–H and O–H groups in total. The minimum Gasteiger partial charge on any atom is -0.378 e. The van der Waals surface area contributed by atoms with Crippen LogP contribution in [0, 0.1) is 64.1 Å². The minimum atomic E-state index is -0.806. The first-order chi connectivity index (χ1) is 17.1. The van der Waals surface area contributed by atoms with Crippen LogP contribution < -0.4 is 0 Å². The Kier molecular flexibility index (Phi) is 7.42. The third kappa shape index (κ3) is 4.82. The van der Waals surface area contributed by atoms with Crippen molar-refractivity contribution >= 4 is 0 Å². The van der Waals surface area contributed by atoms with E-state index < -0.39 is 5.60 Å². The molecule has 0 radical (unpaired) electrons. The van der Waals surface area contributed by atoms with Gasteiger partial charge < -0.3 is 5.11 Å². The van der Waals surface area contributed by atoms with Crippen LogP contribution in [0.25, 0.3) is 0 Å². The SMILES string of the molecule is CC(C)CCC[C@H](C)[C@H]1CC[C@H]2[C@@H]3CC[C@@H]4C[C@@](O)(C#Cc5ccccc5)CC[C@]4(C)[C@H]3CC[C@]12C. The van der Waals surface area contributed by atoms with Gasteiger partial charge in [-0.3, -0.25) is 0 Å². The van der Waals surface area contributed by atoms with E-state index in [4.69, 9.17) is 0 Å². The topological polar surface area (TPSA) is 20.2 Å². The van der Waals surface area contributed by atoms with Gasteiger partial charge >= 0.3 is 0 Å². The molecule has 0 saturated heterocycles. The van der Waals surface area contributed by atoms with E-state index in [0.29, 0.717) is 16.7 Å². The van der Waals surface area contributed by atoms with Crippen molar-refractivity contribution in [3.05, 3.63) is 35.9 Å². The number of hydrogen-bond acceptors (Lipinski definition) is 1. The highest BCUT2D eigenvalue weighted by Gasteiger charge is 2.61. The molecular formula is C35H52O. The second-order valence-electron chi connectivity index (χ2n) is 14.5. The van der Waals surface area contributed by atoms with Gasteiger partial charge in [0, 0.05) is 5.56 Å². The number of rotatable bonds is 5. The van der Waals surface area contributed by atoms with Gasteiger partial charge in [-0.1, -0.05) is 83.9 Å². The molecule has 0 aliphatic heterocycles. The zero-order chi connectivity index (χ0) is 25.6. The first kappa shape index (κ1) is 26.4. The molecule has 1 aromatic carbocycles. The summed E-state index contributed by atoms with van der Waals surface area (Å²) in [7, 11) is 0. The summed E-state index contributed by atoms with van der Waals surface area (Å²) in [6.07, 6.45) is 15.6. The Hall–Kier alpha value is -1.26. The summed E-state index contributed by atoms with van der Waals surface area (Å²) in [5.74, 6) is 12.6. The molecule has 1 nitrogen and oxygen atoms in total. The van der Waals surface area contributed by atoms with Gasteiger partial charge in [-0.05, 0) is 122 Å². The van der Waals surface area contributed by atoms with Crippen LogP contribution in [0.3, 0.4) is 0 Å². The minimum absolute atomic E-state index is 0.395. The Balaban J connectivity index is 1.27. The second-order valence-corrected chi connectivity index (χ2v) is 14.5. The molecule has 9 atom stereocenters. The van der Waals surface area contributed by atoms with Crippen molar-refractivity contribution < 1.29 is 5.11 Å². The third-order valence-electron chi connectivity index (χ3n) is 12.1. The molecule has 5 rings (SSSR count). The quantitative estimate of drug-likeness (QED) is 0.410. The van der Waals surface area contributed by atoms with Gasteiger partial charge in [-0.25, -0.2) is 0 Å². The summed E-state index contributed by atoms with van der Waals surface area (Å²) in [6.45, 7) is 12.6. The molecule has 4 aliphatic carbocycles. The van der Waals surface area contributed by atoms with E-state index >= 15 is 0 Å². The lowest BCUT2D eigenvalue weighted by Gasteiger charge is -2.62. The zero-order valence-corrected chi connectivity index (χ0v) is 23.9. The lowest BCUT2D eigenvalue weighted by Crippen LogP contribution is -2.55. The van der Waals surface area contributed by atoms with E-state index in [1.165, 1.54) is 57.8 Å². The summed E-state index contributed by atoms with van der Waals surface area (Å²) in [6, 6.07) is 10.2. The lowest BCUT2D eigenvalue weighted by molar-refractivity contribution is -0.140. The van der Waals surface area contributed by atoms with Crippen molar-refractivity contribution in [1.82, 2.24) is 0 Å². The van der Waals surface area contributed by atoms with E-state index in [1.54, 1.807) is 0 Å². The predicted molar refractivity (Wildman–Crippen MR) is 151 cm³/mol. The Morgan fingerprint density at radius 3 is 2.36 bits per heavy atom. The number of fused-ring (bicyclic) bond motifs is 5. The summed E-state index contributed by atoms with van der Waals surface area (Å²) in [5.41, 5.74) is 1.17. The van der Waals surface area contributed by atoms with Crippen LogP contribution in [-0.2, 0) is 0 Å². The van der Waals surface area contributed by atoms with Crippen LogP contribution >= 0.6 is 0 Å². The molecule has 0 heterocycles. The maximum absolute atomic E-state index is 11.5. The molecule has 198 valence electrons. The van der Waals surface area contributed by atoms with Crippen LogP contribution in [0.1, 0.15) is 117 Å². The number of aliphatic hydroxyl groups is 1. The normalized spacial score (nSPS) is 42.6. The average molecular weight is 489 g/mol. The van der Waals surface area contributed by atoms with Gasteiger partial charge in [0.1, 0.15) is 5.60 Å². The van der Waals surface area contributed by atoms with Gasteiger partial charge in [-0.2, -0.15) is 0 Å². The largest absolute Gasteiger partial charge is 0.378 e. The highest BCUT2D eigenvalue weighted by atomic mass is 16.3. The first-order valence-corrected chi connectivity index (χ1v) is 15.5. The van der Waals surface area contributed by atoms with Crippen molar-refractivity contribution in [3.63, 3.8) is 0 Å². The van der Waals surface area contributed by atoms with Crippen LogP contribution in [0.15, 0.2) is 30.3 Å². The van der Waals surface area contributed by atoms with Gasteiger partial charge in [0.15, 0.2) is 0 Å². The van der Waals surface area contributed by atoms with Crippen LogP contribution in [0.4, 0.5) is 0 Å². The number of benzene rings is 1. The third-order valence-corrected chi connectivity index (χ3v) is 12.1. The highest BCUT2D eigenvalue weighted by molar-refractivity contribution is 5.36. The van der Waals surface area contributed by atoms with Crippen molar-refractivity contribution in [3.8, 4) is 11.8 Å². The fraction of sp³-hybridized carbons (Fsp3) is 0.771. The standard InChI is InChI=1S/C35H52O/c1-25(2)10-9-11-26(3)30-16-17-31-29-15-14-28-24-35(36,21-18-27-12-7-6-8-13-27)23-22-33(28,4)32(29)19-20-34(30,31)5/h6-8,12-13,25-26,28-32,36H,9-11,14-17,19-20,22-24H2,1-5H3/t26-,28+,29-,30+,31-,32-,33-,34+,35+/m0/s1. The van der Waals surface area contributed by atoms with E-state index in [1.807, 2.05) is 30.3 Å². The molecule has 0 unspecified atom stereocenters. The lowest BCUT2D eigenvalue weighted by atomic mass is 9.43. The maximum atomic E-state index is 11.5. The summed E-state index contributed by atoms with van der Waals surface area (Å²) >= 11 is 0. The molecule has 4 saturated carbocycles. The highest BCUT2D eigenvalue weighted by Crippen LogP contribution is 2.68. The van der Waals surface area contributed by atoms with Gasteiger partial charge in [0.2, 0.25) is 0 Å². The van der Waals surface area contributed by atoms with Crippen LogP contribution in [0.2, 0.25) is 0 Å². The summed E-state index contributed by atoms with van der Waals surface area (Å²) < 4.78 is 0. The van der Waals surface area contributed by atoms with E-state index in [9.17, 15) is 5.11 Å². The Bertz CT molecular complexity index is 954. The van der Waals surface area contributed by atoms with Crippen molar-refractivity contribution in [2.75, 3.05) is 0 Å². The fourth-order valence-electron chi connectivity index (χ4n) is 10.1. The first-order valence-electron chi connectivity index (χ1n) is 15.5.